The molecule has 1 aromatic carbocycles. The Morgan fingerprint density at radius 2 is 2.05 bits per heavy atom. The van der Waals surface area contributed by atoms with Gasteiger partial charge in [0, 0.05) is 25.7 Å². The van der Waals surface area contributed by atoms with Gasteiger partial charge in [-0.1, -0.05) is 12.1 Å². The number of halogens is 1. The molecule has 1 aliphatic rings. The lowest BCUT2D eigenvalue weighted by Crippen LogP contribution is -2.40. The molecule has 0 atom stereocenters. The maximum absolute atomic E-state index is 11.6. The number of likely N-dealkylation sites (tertiary alicyclic amines) is 1. The quantitative estimate of drug-likeness (QED) is 0.462. The lowest BCUT2D eigenvalue weighted by molar-refractivity contribution is 0.0963. The zero-order chi connectivity index (χ0) is 14.4. The monoisotopic (exact) mass is 402 g/mol. The number of rotatable bonds is 3. The highest BCUT2D eigenvalue weighted by Crippen LogP contribution is 2.10. The summed E-state index contributed by atoms with van der Waals surface area (Å²) in [5.41, 5.74) is 7.66. The van der Waals surface area contributed by atoms with Gasteiger partial charge >= 0.3 is 0 Å². The van der Waals surface area contributed by atoms with Gasteiger partial charge < -0.3 is 16.0 Å². The normalized spacial score (nSPS) is 15.3. The van der Waals surface area contributed by atoms with Gasteiger partial charge in [-0.05, 0) is 37.0 Å². The predicted molar refractivity (Wildman–Crippen MR) is 96.0 cm³/mol. The van der Waals surface area contributed by atoms with Crippen LogP contribution in [-0.2, 0) is 6.54 Å². The first-order chi connectivity index (χ1) is 9.70. The van der Waals surface area contributed by atoms with Gasteiger partial charge in [-0.25, -0.2) is 4.99 Å². The second-order valence-electron chi connectivity index (χ2n) is 5.00. The zero-order valence-corrected chi connectivity index (χ0v) is 14.7. The van der Waals surface area contributed by atoms with Gasteiger partial charge in [0.2, 0.25) is 0 Å². The number of guanidine groups is 1. The van der Waals surface area contributed by atoms with Crippen LogP contribution < -0.4 is 11.1 Å². The Balaban J connectivity index is 0.00000220. The molecule has 1 aromatic rings. The minimum atomic E-state index is -0.0835. The number of carbonyl (C=O) groups is 1. The topological polar surface area (TPSA) is 70.7 Å². The van der Waals surface area contributed by atoms with Gasteiger partial charge in [0.25, 0.3) is 5.91 Å². The van der Waals surface area contributed by atoms with Crippen LogP contribution in [0.2, 0.25) is 0 Å². The predicted octanol–water partition coefficient (Wildman–Crippen LogP) is 1.96. The number of piperidine rings is 1. The molecule has 1 saturated heterocycles. The highest BCUT2D eigenvalue weighted by molar-refractivity contribution is 14.0. The van der Waals surface area contributed by atoms with E-state index in [4.69, 9.17) is 5.73 Å². The van der Waals surface area contributed by atoms with E-state index in [1.54, 1.807) is 13.1 Å². The largest absolute Gasteiger partial charge is 0.370 e. The van der Waals surface area contributed by atoms with Crippen molar-refractivity contribution in [1.82, 2.24) is 10.2 Å². The van der Waals surface area contributed by atoms with Gasteiger partial charge in [-0.2, -0.15) is 0 Å². The molecular formula is C15H23IN4O. The number of nitrogens with zero attached hydrogens (tertiary/aromatic N) is 2. The van der Waals surface area contributed by atoms with Crippen LogP contribution in [0, 0.1) is 0 Å². The standard InChI is InChI=1S/C15H22N4O.HI/c1-17-14(20)13-7-5-6-12(10-13)11-18-15(16)19-8-3-2-4-9-19;/h5-7,10H,2-4,8-9,11H2,1H3,(H2,16,18)(H,17,20);1H. The van der Waals surface area contributed by atoms with Crippen LogP contribution in [0.4, 0.5) is 0 Å². The second-order valence-corrected chi connectivity index (χ2v) is 5.00. The molecule has 5 nitrogen and oxygen atoms in total. The summed E-state index contributed by atoms with van der Waals surface area (Å²) in [4.78, 5) is 18.1. The first-order valence-electron chi connectivity index (χ1n) is 7.06. The van der Waals surface area contributed by atoms with Gasteiger partial charge in [0.1, 0.15) is 0 Å². The minimum absolute atomic E-state index is 0. The summed E-state index contributed by atoms with van der Waals surface area (Å²) in [7, 11) is 1.63. The van der Waals surface area contributed by atoms with Crippen molar-refractivity contribution < 1.29 is 4.79 Å². The minimum Gasteiger partial charge on any atom is -0.370 e. The third kappa shape index (κ3) is 5.18. The Labute approximate surface area is 143 Å². The van der Waals surface area contributed by atoms with Crippen molar-refractivity contribution in [3.8, 4) is 0 Å². The Morgan fingerprint density at radius 3 is 2.71 bits per heavy atom. The molecule has 0 spiro atoms. The molecule has 1 aliphatic heterocycles. The third-order valence-electron chi connectivity index (χ3n) is 3.52. The smallest absolute Gasteiger partial charge is 0.251 e. The van der Waals surface area contributed by atoms with Crippen molar-refractivity contribution in [3.05, 3.63) is 35.4 Å². The van der Waals surface area contributed by atoms with Gasteiger partial charge in [-0.3, -0.25) is 4.79 Å². The van der Waals surface area contributed by atoms with Crippen LogP contribution in [-0.4, -0.2) is 36.9 Å². The summed E-state index contributed by atoms with van der Waals surface area (Å²) in [6, 6.07) is 7.47. The average Bonchev–Trinajstić information content (AvgIpc) is 2.53. The number of carbonyl (C=O) groups excluding carboxylic acids is 1. The van der Waals surface area contributed by atoms with Gasteiger partial charge in [-0.15, -0.1) is 24.0 Å². The van der Waals surface area contributed by atoms with Crippen molar-refractivity contribution >= 4 is 35.8 Å². The molecule has 1 heterocycles. The van der Waals surface area contributed by atoms with Crippen molar-refractivity contribution in [1.29, 1.82) is 0 Å². The van der Waals surface area contributed by atoms with E-state index in [1.807, 2.05) is 18.2 Å². The van der Waals surface area contributed by atoms with Crippen molar-refractivity contribution in [2.75, 3.05) is 20.1 Å². The Morgan fingerprint density at radius 1 is 1.33 bits per heavy atom. The van der Waals surface area contributed by atoms with E-state index in [0.29, 0.717) is 18.1 Å². The summed E-state index contributed by atoms with van der Waals surface area (Å²) in [5, 5.41) is 2.62. The van der Waals surface area contributed by atoms with Crippen LogP contribution in [0.15, 0.2) is 29.3 Å². The Bertz CT molecular complexity index is 498. The van der Waals surface area contributed by atoms with Crippen molar-refractivity contribution in [2.45, 2.75) is 25.8 Å². The second kappa shape index (κ2) is 8.86. The molecule has 0 unspecified atom stereocenters. The highest BCUT2D eigenvalue weighted by atomic mass is 127. The van der Waals surface area contributed by atoms with E-state index in [2.05, 4.69) is 15.2 Å². The van der Waals surface area contributed by atoms with Crippen LogP contribution in [0.25, 0.3) is 0 Å². The molecule has 2 rings (SSSR count). The van der Waals surface area contributed by atoms with Crippen LogP contribution in [0.5, 0.6) is 0 Å². The highest BCUT2D eigenvalue weighted by Gasteiger charge is 2.11. The van der Waals surface area contributed by atoms with Gasteiger partial charge in [0.05, 0.1) is 6.54 Å². The fraction of sp³-hybridized carbons (Fsp3) is 0.467. The Kier molecular flexibility index (Phi) is 7.49. The number of nitrogens with one attached hydrogen (secondary N) is 1. The van der Waals surface area contributed by atoms with Crippen molar-refractivity contribution in [3.63, 3.8) is 0 Å². The average molecular weight is 402 g/mol. The van der Waals surface area contributed by atoms with Crippen molar-refractivity contribution in [2.24, 2.45) is 10.7 Å². The number of aliphatic imine (C=N–C) groups is 1. The molecule has 0 aliphatic carbocycles. The first kappa shape index (κ1) is 17.7. The van der Waals surface area contributed by atoms with E-state index in [9.17, 15) is 4.79 Å². The van der Waals surface area contributed by atoms with E-state index < -0.39 is 0 Å². The summed E-state index contributed by atoms with van der Waals surface area (Å²) in [6.45, 7) is 2.49. The third-order valence-corrected chi connectivity index (χ3v) is 3.52. The SMILES string of the molecule is CNC(=O)c1cccc(CN=C(N)N2CCCCC2)c1.I. The molecule has 116 valence electrons. The summed E-state index contributed by atoms with van der Waals surface area (Å²) in [5.74, 6) is 0.523. The number of benzene rings is 1. The first-order valence-corrected chi connectivity index (χ1v) is 7.06. The molecule has 6 heteroatoms. The van der Waals surface area contributed by atoms with E-state index >= 15 is 0 Å². The number of amides is 1. The van der Waals surface area contributed by atoms with Crippen LogP contribution >= 0.6 is 24.0 Å². The fourth-order valence-corrected chi connectivity index (χ4v) is 2.35. The van der Waals surface area contributed by atoms with Crippen LogP contribution in [0.3, 0.4) is 0 Å². The molecule has 1 fully saturated rings. The summed E-state index contributed by atoms with van der Waals surface area (Å²) in [6.07, 6.45) is 3.64. The van der Waals surface area contributed by atoms with E-state index in [1.165, 1.54) is 19.3 Å². The van der Waals surface area contributed by atoms with Gasteiger partial charge in [0.15, 0.2) is 5.96 Å². The maximum atomic E-state index is 11.6. The maximum Gasteiger partial charge on any atom is 0.251 e. The molecule has 0 radical (unpaired) electrons. The fourth-order valence-electron chi connectivity index (χ4n) is 2.35. The lowest BCUT2D eigenvalue weighted by atomic mass is 10.1. The molecule has 21 heavy (non-hydrogen) atoms. The zero-order valence-electron chi connectivity index (χ0n) is 12.3. The molecule has 3 N–H and O–H groups in total. The van der Waals surface area contributed by atoms with E-state index in [-0.39, 0.29) is 29.9 Å². The molecule has 0 bridgehead atoms. The molecule has 0 saturated carbocycles. The lowest BCUT2D eigenvalue weighted by Gasteiger charge is -2.27. The Hall–Kier alpha value is -1.31. The molecule has 0 aromatic heterocycles. The summed E-state index contributed by atoms with van der Waals surface area (Å²) < 4.78 is 0. The van der Waals surface area contributed by atoms with E-state index in [0.717, 1.165) is 18.7 Å². The molecule has 1 amide bonds. The number of nitrogens with two attached hydrogens (primary N) is 1. The van der Waals surface area contributed by atoms with Crippen LogP contribution in [0.1, 0.15) is 35.2 Å². The number of hydrogen-bond acceptors (Lipinski definition) is 2. The molecular weight excluding hydrogens is 379 g/mol. The summed E-state index contributed by atoms with van der Waals surface area (Å²) >= 11 is 0. The number of hydrogen-bond donors (Lipinski definition) is 2.